The van der Waals surface area contributed by atoms with Crippen molar-refractivity contribution in [3.05, 3.63) is 39.4 Å². The Kier molecular flexibility index (Phi) is 2230. The summed E-state index contributed by atoms with van der Waals surface area (Å²) in [5, 5.41) is 37.5. The Morgan fingerprint density at radius 1 is 0.294 bits per heavy atom. The van der Waals surface area contributed by atoms with Crippen LogP contribution < -0.4 is 206 Å². The number of rotatable bonds is 0. The summed E-state index contributed by atoms with van der Waals surface area (Å²) in [6.45, 7) is 28.5. The molecule has 0 amide bonds. The third-order valence-electron chi connectivity index (χ3n) is 0. The van der Waals surface area contributed by atoms with Gasteiger partial charge in [-0.25, -0.2) is 0 Å². The Hall–Kier alpha value is 4.00. The molecule has 0 bridgehead atoms. The van der Waals surface area contributed by atoms with E-state index in [0.717, 1.165) is 0 Å². The summed E-state index contributed by atoms with van der Waals surface area (Å²) in [6.07, 6.45) is 0. The first-order valence-electron chi connectivity index (χ1n) is 1.34. The van der Waals surface area contributed by atoms with Gasteiger partial charge in [-0.15, -0.1) is 0 Å². The summed E-state index contributed by atoms with van der Waals surface area (Å²) in [5.74, 6) is 0. The molecule has 0 fully saturated rings. The van der Waals surface area contributed by atoms with Crippen LogP contribution in [0.1, 0.15) is 0 Å². The molecular formula is C6FeK4N6+2. The van der Waals surface area contributed by atoms with E-state index >= 15 is 0 Å². The normalized spacial score (nSPS) is 0.706. The van der Waals surface area contributed by atoms with Gasteiger partial charge in [-0.3, -0.25) is 0 Å². The molecule has 0 aliphatic heterocycles. The Morgan fingerprint density at radius 3 is 0.294 bits per heavy atom. The molecule has 0 aromatic heterocycles. The predicted molar refractivity (Wildman–Crippen MR) is 29.8 cm³/mol. The smallest absolute Gasteiger partial charge is 0.512 e. The van der Waals surface area contributed by atoms with Crippen LogP contribution in [0.2, 0.25) is 0 Å². The van der Waals surface area contributed by atoms with E-state index in [0.29, 0.717) is 0 Å². The van der Waals surface area contributed by atoms with E-state index in [1.54, 1.807) is 0 Å². The zero-order valence-electron chi connectivity index (χ0n) is 10.0. The van der Waals surface area contributed by atoms with Crippen LogP contribution in [-0.2, 0) is 17.1 Å². The summed E-state index contributed by atoms with van der Waals surface area (Å²) in [4.78, 5) is 0. The van der Waals surface area contributed by atoms with E-state index < -0.39 is 0 Å². The molecule has 6 nitrogen and oxygen atoms in total. The van der Waals surface area contributed by atoms with E-state index in [-0.39, 0.29) is 223 Å². The summed E-state index contributed by atoms with van der Waals surface area (Å²) in [6, 6.07) is 0. The second-order valence-electron chi connectivity index (χ2n) is 0. The van der Waals surface area contributed by atoms with Crippen LogP contribution in [0.4, 0.5) is 0 Å². The first-order valence-corrected chi connectivity index (χ1v) is 1.34. The van der Waals surface area contributed by atoms with Crippen molar-refractivity contribution in [3.8, 4) is 0 Å². The van der Waals surface area contributed by atoms with Crippen LogP contribution in [0.3, 0.4) is 0 Å². The third-order valence-corrected chi connectivity index (χ3v) is 0. The molecule has 0 aromatic rings. The standard InChI is InChI=1S/6CN.Fe.4K/c6*1-2;;;;;/q6*-1;+4;4*+1. The predicted octanol–water partition coefficient (Wildman–Crippen LogP) is -11.4. The molecule has 0 radical (unpaired) electrons. The van der Waals surface area contributed by atoms with Crippen molar-refractivity contribution in [1.82, 2.24) is 0 Å². The number of hydrogen-bond acceptors (Lipinski definition) is 6. The molecule has 0 saturated heterocycles. The fourth-order valence-electron chi connectivity index (χ4n) is 0. The minimum absolute atomic E-state index is 0. The molecule has 11 heteroatoms. The molecule has 17 heavy (non-hydrogen) atoms. The maximum absolute atomic E-state index is 6.25. The van der Waals surface area contributed by atoms with Crippen molar-refractivity contribution >= 4 is 0 Å². The molecule has 0 heterocycles. The maximum atomic E-state index is 6.25. The van der Waals surface area contributed by atoms with Gasteiger partial charge < -0.3 is 71.0 Å². The summed E-state index contributed by atoms with van der Waals surface area (Å²) < 4.78 is 0. The summed E-state index contributed by atoms with van der Waals surface area (Å²) >= 11 is 0. The maximum Gasteiger partial charge on any atom is 4.00 e. The third kappa shape index (κ3) is 404. The van der Waals surface area contributed by atoms with Crippen molar-refractivity contribution in [3.63, 3.8) is 0 Å². The van der Waals surface area contributed by atoms with E-state index in [4.69, 9.17) is 71.0 Å². The van der Waals surface area contributed by atoms with E-state index in [1.807, 2.05) is 0 Å². The van der Waals surface area contributed by atoms with Crippen LogP contribution >= 0.6 is 0 Å². The van der Waals surface area contributed by atoms with Gasteiger partial charge in [-0.2, -0.15) is 0 Å². The van der Waals surface area contributed by atoms with Gasteiger partial charge in [0.05, 0.1) is 0 Å². The number of hydrogen-bond donors (Lipinski definition) is 0. The average Bonchev–Trinajstić information content (AvgIpc) is 2.33. The summed E-state index contributed by atoms with van der Waals surface area (Å²) in [7, 11) is 0. The van der Waals surface area contributed by atoms with Crippen LogP contribution in [0.15, 0.2) is 0 Å². The zero-order valence-corrected chi connectivity index (χ0v) is 23.6. The Labute approximate surface area is 284 Å². The minimum Gasteiger partial charge on any atom is -0.512 e. The quantitative estimate of drug-likeness (QED) is 0.307. The molecule has 0 unspecified atom stereocenters. The average molecular weight is 368 g/mol. The molecule has 0 aliphatic carbocycles. The molecule has 0 saturated carbocycles. The molecule has 0 atom stereocenters. The molecule has 64 valence electrons. The molecular weight excluding hydrogens is 368 g/mol. The number of nitrogens with zero attached hydrogens (tertiary/aromatic N) is 6. The molecule has 0 spiro atoms. The second-order valence-corrected chi connectivity index (χ2v) is 0. The topological polar surface area (TPSA) is 143 Å². The Balaban J connectivity index is -0.00000000267. The van der Waals surface area contributed by atoms with Crippen LogP contribution in [0.5, 0.6) is 0 Å². The van der Waals surface area contributed by atoms with Gasteiger partial charge in [-0.05, 0) is 0 Å². The van der Waals surface area contributed by atoms with Gasteiger partial charge in [0, 0.05) is 0 Å². The van der Waals surface area contributed by atoms with Gasteiger partial charge in [0.2, 0.25) is 0 Å². The minimum atomic E-state index is 0. The van der Waals surface area contributed by atoms with Crippen LogP contribution in [0.25, 0.3) is 0 Å². The zero-order chi connectivity index (χ0) is 12.0. The second kappa shape index (κ2) is 450. The fourth-order valence-corrected chi connectivity index (χ4v) is 0. The molecule has 0 aliphatic rings. The van der Waals surface area contributed by atoms with E-state index in [2.05, 4.69) is 0 Å². The van der Waals surface area contributed by atoms with Crippen LogP contribution in [0, 0.1) is 71.0 Å². The van der Waals surface area contributed by atoms with Crippen LogP contribution in [-0.4, -0.2) is 0 Å². The summed E-state index contributed by atoms with van der Waals surface area (Å²) in [5.41, 5.74) is 0. The monoisotopic (exact) mass is 368 g/mol. The molecule has 0 rings (SSSR count). The van der Waals surface area contributed by atoms with Gasteiger partial charge in [0.1, 0.15) is 0 Å². The van der Waals surface area contributed by atoms with Gasteiger partial charge >= 0.3 is 223 Å². The van der Waals surface area contributed by atoms with Crippen molar-refractivity contribution in [2.45, 2.75) is 0 Å². The largest absolute Gasteiger partial charge is 4.00 e. The molecule has 0 N–H and O–H groups in total. The van der Waals surface area contributed by atoms with E-state index in [9.17, 15) is 0 Å². The van der Waals surface area contributed by atoms with Gasteiger partial charge in [-0.1, -0.05) is 0 Å². The fraction of sp³-hybridized carbons (Fsp3) is 0. The van der Waals surface area contributed by atoms with Crippen molar-refractivity contribution in [1.29, 1.82) is 31.6 Å². The first kappa shape index (κ1) is 84.0. The van der Waals surface area contributed by atoms with Crippen molar-refractivity contribution < 1.29 is 223 Å². The SMILES string of the molecule is [C-]#N.[C-]#N.[C-]#N.[C-]#N.[C-]#N.[C-]#N.[Fe+4].[K+].[K+].[K+].[K+]. The molecule has 0 aromatic carbocycles. The van der Waals surface area contributed by atoms with E-state index in [1.165, 1.54) is 0 Å². The Morgan fingerprint density at radius 2 is 0.294 bits per heavy atom. The van der Waals surface area contributed by atoms with Gasteiger partial charge in [0.25, 0.3) is 0 Å². The first-order chi connectivity index (χ1) is 6.00. The Bertz CT molecular complexity index is 106. The van der Waals surface area contributed by atoms with Crippen molar-refractivity contribution in [2.75, 3.05) is 0 Å². The van der Waals surface area contributed by atoms with Gasteiger partial charge in [0.15, 0.2) is 0 Å². The van der Waals surface area contributed by atoms with Crippen molar-refractivity contribution in [2.24, 2.45) is 0 Å².